The lowest BCUT2D eigenvalue weighted by Gasteiger charge is -2.01. The molecule has 0 aliphatic carbocycles. The Balaban J connectivity index is 1.93. The van der Waals surface area contributed by atoms with Crippen molar-refractivity contribution < 1.29 is 9.36 Å². The number of ketones is 1. The van der Waals surface area contributed by atoms with Gasteiger partial charge in [0.25, 0.3) is 0 Å². The van der Waals surface area contributed by atoms with Crippen LogP contribution in [0.1, 0.15) is 42.1 Å². The zero-order valence-corrected chi connectivity index (χ0v) is 14.0. The lowest BCUT2D eigenvalue weighted by molar-refractivity contribution is -0.683. The van der Waals surface area contributed by atoms with Gasteiger partial charge in [0.05, 0.1) is 0 Å². The van der Waals surface area contributed by atoms with E-state index in [1.807, 2.05) is 41.2 Å². The summed E-state index contributed by atoms with van der Waals surface area (Å²) in [6, 6.07) is 11.7. The van der Waals surface area contributed by atoms with E-state index in [-0.39, 0.29) is 5.78 Å². The van der Waals surface area contributed by atoms with E-state index in [0.29, 0.717) is 6.54 Å². The summed E-state index contributed by atoms with van der Waals surface area (Å²) in [6.45, 7) is 2.60. The minimum absolute atomic E-state index is 0.131. The molecule has 0 aliphatic rings. The standard InChI is InChI=1S/C18H21BrNO/c1-2-3-4-5-15-10-12-20(13-11-15)14-18(21)16-6-8-17(19)9-7-16/h6-13H,2-5,14H2,1H3/q+1. The summed E-state index contributed by atoms with van der Waals surface area (Å²) in [7, 11) is 0. The lowest BCUT2D eigenvalue weighted by Crippen LogP contribution is -2.37. The predicted molar refractivity (Wildman–Crippen MR) is 88.3 cm³/mol. The Morgan fingerprint density at radius 3 is 2.33 bits per heavy atom. The van der Waals surface area contributed by atoms with Crippen molar-refractivity contribution in [2.24, 2.45) is 0 Å². The topological polar surface area (TPSA) is 20.9 Å². The number of aryl methyl sites for hydroxylation is 1. The Kier molecular flexibility index (Phi) is 6.12. The molecule has 0 bridgehead atoms. The largest absolute Gasteiger partial charge is 0.287 e. The van der Waals surface area contributed by atoms with E-state index in [0.717, 1.165) is 16.5 Å². The molecule has 1 aromatic heterocycles. The Morgan fingerprint density at radius 2 is 1.71 bits per heavy atom. The highest BCUT2D eigenvalue weighted by atomic mass is 79.9. The van der Waals surface area contributed by atoms with Gasteiger partial charge in [0.15, 0.2) is 12.4 Å². The van der Waals surface area contributed by atoms with Crippen LogP contribution in [0.25, 0.3) is 0 Å². The molecular formula is C18H21BrNO+. The van der Waals surface area contributed by atoms with Gasteiger partial charge in [-0.05, 0) is 30.5 Å². The first-order chi connectivity index (χ1) is 10.2. The van der Waals surface area contributed by atoms with Crippen LogP contribution in [0.4, 0.5) is 0 Å². The van der Waals surface area contributed by atoms with Gasteiger partial charge < -0.3 is 0 Å². The second kappa shape index (κ2) is 8.08. The number of hydrogen-bond donors (Lipinski definition) is 0. The molecule has 1 aromatic carbocycles. The van der Waals surface area contributed by atoms with Gasteiger partial charge >= 0.3 is 0 Å². The van der Waals surface area contributed by atoms with Crippen molar-refractivity contribution in [3.8, 4) is 0 Å². The Morgan fingerprint density at radius 1 is 1.05 bits per heavy atom. The molecule has 0 amide bonds. The fourth-order valence-electron chi connectivity index (χ4n) is 2.23. The maximum absolute atomic E-state index is 12.2. The van der Waals surface area contributed by atoms with Crippen molar-refractivity contribution in [1.29, 1.82) is 0 Å². The SMILES string of the molecule is CCCCCc1cc[n+](CC(=O)c2ccc(Br)cc2)cc1. The molecule has 0 saturated carbocycles. The van der Waals surface area contributed by atoms with Gasteiger partial charge in [-0.2, -0.15) is 4.57 Å². The van der Waals surface area contributed by atoms with Crippen molar-refractivity contribution >= 4 is 21.7 Å². The number of hydrogen-bond acceptors (Lipinski definition) is 1. The van der Waals surface area contributed by atoms with Crippen molar-refractivity contribution in [2.75, 3.05) is 0 Å². The van der Waals surface area contributed by atoms with Crippen molar-refractivity contribution in [2.45, 2.75) is 39.2 Å². The highest BCUT2D eigenvalue weighted by Gasteiger charge is 2.11. The molecule has 0 radical (unpaired) electrons. The molecule has 0 spiro atoms. The monoisotopic (exact) mass is 346 g/mol. The smallest absolute Gasteiger partial charge is 0.227 e. The normalized spacial score (nSPS) is 10.6. The van der Waals surface area contributed by atoms with E-state index in [9.17, 15) is 4.79 Å². The number of pyridine rings is 1. The van der Waals surface area contributed by atoms with Crippen LogP contribution in [0, 0.1) is 0 Å². The average Bonchev–Trinajstić information content (AvgIpc) is 2.50. The van der Waals surface area contributed by atoms with E-state index in [4.69, 9.17) is 0 Å². The molecule has 3 heteroatoms. The minimum atomic E-state index is 0.131. The van der Waals surface area contributed by atoms with E-state index in [1.54, 1.807) is 0 Å². The lowest BCUT2D eigenvalue weighted by atomic mass is 10.1. The van der Waals surface area contributed by atoms with E-state index >= 15 is 0 Å². The number of Topliss-reactive ketones (excluding diaryl/α,β-unsaturated/α-hetero) is 1. The summed E-state index contributed by atoms with van der Waals surface area (Å²) < 4.78 is 2.93. The summed E-state index contributed by atoms with van der Waals surface area (Å²) in [6.07, 6.45) is 8.87. The first-order valence-corrected chi connectivity index (χ1v) is 8.25. The molecule has 0 aliphatic heterocycles. The number of benzene rings is 1. The summed E-state index contributed by atoms with van der Waals surface area (Å²) in [4.78, 5) is 12.2. The van der Waals surface area contributed by atoms with Crippen molar-refractivity contribution in [1.82, 2.24) is 0 Å². The van der Waals surface area contributed by atoms with Crippen LogP contribution in [0.3, 0.4) is 0 Å². The molecule has 21 heavy (non-hydrogen) atoms. The zero-order valence-electron chi connectivity index (χ0n) is 12.4. The van der Waals surface area contributed by atoms with Gasteiger partial charge in [-0.25, -0.2) is 0 Å². The highest BCUT2D eigenvalue weighted by molar-refractivity contribution is 9.10. The molecule has 0 N–H and O–H groups in total. The molecule has 0 saturated heterocycles. The second-order valence-corrected chi connectivity index (χ2v) is 6.18. The van der Waals surface area contributed by atoms with Crippen LogP contribution in [0.15, 0.2) is 53.3 Å². The van der Waals surface area contributed by atoms with Crippen molar-refractivity contribution in [3.63, 3.8) is 0 Å². The number of carbonyl (C=O) groups is 1. The van der Waals surface area contributed by atoms with Gasteiger partial charge in [-0.3, -0.25) is 4.79 Å². The molecule has 110 valence electrons. The number of halogens is 1. The van der Waals surface area contributed by atoms with E-state index in [1.165, 1.54) is 24.8 Å². The molecule has 1 heterocycles. The quantitative estimate of drug-likeness (QED) is 0.414. The van der Waals surface area contributed by atoms with Gasteiger partial charge in [-0.1, -0.05) is 47.8 Å². The summed E-state index contributed by atoms with van der Waals surface area (Å²) >= 11 is 3.38. The third-order valence-electron chi connectivity index (χ3n) is 3.52. The molecule has 0 atom stereocenters. The second-order valence-electron chi connectivity index (χ2n) is 5.27. The molecule has 2 nitrogen and oxygen atoms in total. The summed E-state index contributed by atoms with van der Waals surface area (Å²) in [5.74, 6) is 0.131. The molecular weight excluding hydrogens is 326 g/mol. The Hall–Kier alpha value is -1.48. The Bertz CT molecular complexity index is 575. The van der Waals surface area contributed by atoms with Gasteiger partial charge in [-0.15, -0.1) is 0 Å². The molecule has 2 rings (SSSR count). The van der Waals surface area contributed by atoms with Crippen LogP contribution in [0.2, 0.25) is 0 Å². The maximum Gasteiger partial charge on any atom is 0.227 e. The number of unbranched alkanes of at least 4 members (excludes halogenated alkanes) is 2. The fourth-order valence-corrected chi connectivity index (χ4v) is 2.50. The predicted octanol–water partition coefficient (Wildman–Crippen LogP) is 4.35. The highest BCUT2D eigenvalue weighted by Crippen LogP contribution is 2.11. The number of aromatic nitrogens is 1. The van der Waals surface area contributed by atoms with Crippen LogP contribution in [0.5, 0.6) is 0 Å². The Labute approximate surface area is 135 Å². The van der Waals surface area contributed by atoms with Crippen LogP contribution < -0.4 is 4.57 Å². The first-order valence-electron chi connectivity index (χ1n) is 7.46. The minimum Gasteiger partial charge on any atom is -0.287 e. The third-order valence-corrected chi connectivity index (χ3v) is 4.05. The number of rotatable bonds is 7. The van der Waals surface area contributed by atoms with E-state index < -0.39 is 0 Å². The maximum atomic E-state index is 12.2. The first kappa shape index (κ1) is 15.9. The number of carbonyl (C=O) groups excluding carboxylic acids is 1. The van der Waals surface area contributed by atoms with E-state index in [2.05, 4.69) is 35.0 Å². The molecule has 0 fully saturated rings. The van der Waals surface area contributed by atoms with Crippen LogP contribution in [-0.4, -0.2) is 5.78 Å². The van der Waals surface area contributed by atoms with Crippen molar-refractivity contribution in [3.05, 3.63) is 64.4 Å². The summed E-state index contributed by atoms with van der Waals surface area (Å²) in [5, 5.41) is 0. The van der Waals surface area contributed by atoms with Crippen LogP contribution >= 0.6 is 15.9 Å². The van der Waals surface area contributed by atoms with Gasteiger partial charge in [0.1, 0.15) is 0 Å². The zero-order chi connectivity index (χ0) is 15.1. The average molecular weight is 347 g/mol. The van der Waals surface area contributed by atoms with Crippen LogP contribution in [-0.2, 0) is 13.0 Å². The molecule has 2 aromatic rings. The third kappa shape index (κ3) is 5.09. The van der Waals surface area contributed by atoms with Gasteiger partial charge in [0, 0.05) is 22.2 Å². The molecule has 0 unspecified atom stereocenters. The fraction of sp³-hybridized carbons (Fsp3) is 0.333. The summed E-state index contributed by atoms with van der Waals surface area (Å²) in [5.41, 5.74) is 2.09. The van der Waals surface area contributed by atoms with Gasteiger partial charge in [0.2, 0.25) is 12.3 Å². The number of nitrogens with zero attached hydrogens (tertiary/aromatic N) is 1.